The largest absolute Gasteiger partial charge is 0.465 e. The Bertz CT molecular complexity index is 699. The molecule has 0 saturated heterocycles. The molecule has 19 heavy (non-hydrogen) atoms. The number of hydrogen-bond acceptors (Lipinski definition) is 6. The number of nitro groups is 1. The van der Waals surface area contributed by atoms with E-state index in [1.807, 2.05) is 0 Å². The summed E-state index contributed by atoms with van der Waals surface area (Å²) in [7, 11) is 0. The summed E-state index contributed by atoms with van der Waals surface area (Å²) in [5, 5.41) is 10.7. The van der Waals surface area contributed by atoms with E-state index in [0.29, 0.717) is 0 Å². The van der Waals surface area contributed by atoms with Crippen molar-refractivity contribution >= 4 is 22.8 Å². The van der Waals surface area contributed by atoms with E-state index in [9.17, 15) is 19.7 Å². The Morgan fingerprint density at radius 1 is 1.53 bits per heavy atom. The Labute approximate surface area is 106 Å². The van der Waals surface area contributed by atoms with Gasteiger partial charge in [0.2, 0.25) is 0 Å². The smallest absolute Gasteiger partial charge is 0.420 e. The van der Waals surface area contributed by atoms with Crippen LogP contribution in [0.25, 0.3) is 11.1 Å². The molecule has 100 valence electrons. The number of fused-ring (bicyclic) bond motifs is 1. The van der Waals surface area contributed by atoms with Crippen molar-refractivity contribution in [2.75, 3.05) is 6.61 Å². The highest BCUT2D eigenvalue weighted by Crippen LogP contribution is 2.19. The first-order chi connectivity index (χ1) is 9.02. The summed E-state index contributed by atoms with van der Waals surface area (Å²) >= 11 is 0. The van der Waals surface area contributed by atoms with E-state index in [4.69, 9.17) is 9.15 Å². The molecular weight excluding hydrogens is 256 g/mol. The number of nitrogens with zero attached hydrogens (tertiary/aromatic N) is 2. The second-order valence-corrected chi connectivity index (χ2v) is 3.67. The molecule has 1 heterocycles. The summed E-state index contributed by atoms with van der Waals surface area (Å²) in [6.07, 6.45) is 0. The lowest BCUT2D eigenvalue weighted by molar-refractivity contribution is -0.384. The Balaban J connectivity index is 2.50. The number of esters is 1. The van der Waals surface area contributed by atoms with Crippen LogP contribution in [0.2, 0.25) is 0 Å². The van der Waals surface area contributed by atoms with E-state index in [2.05, 4.69) is 0 Å². The first-order valence-corrected chi connectivity index (χ1v) is 5.46. The normalized spacial score (nSPS) is 10.6. The lowest BCUT2D eigenvalue weighted by Crippen LogP contribution is -2.21. The molecule has 0 aliphatic carbocycles. The van der Waals surface area contributed by atoms with Crippen LogP contribution >= 0.6 is 0 Å². The maximum Gasteiger partial charge on any atom is 0.420 e. The molecule has 8 nitrogen and oxygen atoms in total. The Hall–Kier alpha value is -2.64. The third kappa shape index (κ3) is 2.46. The lowest BCUT2D eigenvalue weighted by Gasteiger charge is -2.02. The van der Waals surface area contributed by atoms with Gasteiger partial charge in [-0.05, 0) is 13.0 Å². The standard InChI is InChI=1S/C11H10N2O6/c1-2-18-10(14)6-12-8-5-7(13(16)17)3-4-9(8)19-11(12)15/h3-5H,2,6H2,1H3. The molecular formula is C11H10N2O6. The summed E-state index contributed by atoms with van der Waals surface area (Å²) in [6, 6.07) is 3.72. The van der Waals surface area contributed by atoms with Crippen LogP contribution in [-0.4, -0.2) is 22.1 Å². The van der Waals surface area contributed by atoms with E-state index >= 15 is 0 Å². The maximum atomic E-state index is 11.6. The van der Waals surface area contributed by atoms with Gasteiger partial charge in [-0.2, -0.15) is 0 Å². The molecule has 8 heteroatoms. The molecule has 2 rings (SSSR count). The topological polar surface area (TPSA) is 105 Å². The minimum Gasteiger partial charge on any atom is -0.465 e. The fraction of sp³-hybridized carbons (Fsp3) is 0.273. The highest BCUT2D eigenvalue weighted by Gasteiger charge is 2.16. The Kier molecular flexibility index (Phi) is 3.32. The number of oxazole rings is 1. The van der Waals surface area contributed by atoms with Gasteiger partial charge in [0.1, 0.15) is 6.54 Å². The summed E-state index contributed by atoms with van der Waals surface area (Å²) in [5.74, 6) is -1.37. The molecule has 0 aliphatic heterocycles. The van der Waals surface area contributed by atoms with Crippen molar-refractivity contribution in [1.82, 2.24) is 4.57 Å². The zero-order chi connectivity index (χ0) is 14.0. The van der Waals surface area contributed by atoms with E-state index in [1.54, 1.807) is 6.92 Å². The zero-order valence-corrected chi connectivity index (χ0v) is 9.99. The molecule has 0 radical (unpaired) electrons. The Morgan fingerprint density at radius 2 is 2.26 bits per heavy atom. The van der Waals surface area contributed by atoms with Gasteiger partial charge in [0.05, 0.1) is 17.0 Å². The third-order valence-electron chi connectivity index (χ3n) is 2.45. The fourth-order valence-corrected chi connectivity index (χ4v) is 1.65. The minimum absolute atomic E-state index is 0.180. The summed E-state index contributed by atoms with van der Waals surface area (Å²) < 4.78 is 10.6. The third-order valence-corrected chi connectivity index (χ3v) is 2.45. The number of nitro benzene ring substituents is 1. The molecule has 1 aromatic heterocycles. The summed E-state index contributed by atoms with van der Waals surface area (Å²) in [4.78, 5) is 33.0. The molecule has 0 aliphatic rings. The minimum atomic E-state index is -0.761. The summed E-state index contributed by atoms with van der Waals surface area (Å²) in [5.41, 5.74) is 0.179. The van der Waals surface area contributed by atoms with Gasteiger partial charge in [-0.25, -0.2) is 4.79 Å². The number of aromatic nitrogens is 1. The molecule has 0 spiro atoms. The van der Waals surface area contributed by atoms with Crippen molar-refractivity contribution in [2.24, 2.45) is 0 Å². The van der Waals surface area contributed by atoms with Crippen LogP contribution < -0.4 is 5.76 Å². The lowest BCUT2D eigenvalue weighted by atomic mass is 10.3. The number of carbonyl (C=O) groups is 1. The molecule has 0 bridgehead atoms. The number of hydrogen-bond donors (Lipinski definition) is 0. The quantitative estimate of drug-likeness (QED) is 0.465. The number of ether oxygens (including phenoxy) is 1. The Morgan fingerprint density at radius 3 is 2.89 bits per heavy atom. The summed E-state index contributed by atoms with van der Waals surface area (Å²) in [6.45, 7) is 1.48. The molecule has 0 unspecified atom stereocenters. The number of benzene rings is 1. The first-order valence-electron chi connectivity index (χ1n) is 5.46. The van der Waals surface area contributed by atoms with Gasteiger partial charge in [-0.1, -0.05) is 0 Å². The highest BCUT2D eigenvalue weighted by atomic mass is 16.6. The molecule has 1 aromatic carbocycles. The van der Waals surface area contributed by atoms with Crippen molar-refractivity contribution in [1.29, 1.82) is 0 Å². The SMILES string of the molecule is CCOC(=O)Cn1c(=O)oc2ccc([N+](=O)[O-])cc21. The van der Waals surface area contributed by atoms with E-state index in [0.717, 1.165) is 4.57 Å². The van der Waals surface area contributed by atoms with E-state index in [1.165, 1.54) is 18.2 Å². The van der Waals surface area contributed by atoms with E-state index in [-0.39, 0.29) is 29.9 Å². The predicted octanol–water partition coefficient (Wildman–Crippen LogP) is 1.07. The van der Waals surface area contributed by atoms with Gasteiger partial charge in [0, 0.05) is 12.1 Å². The molecule has 0 saturated carbocycles. The van der Waals surface area contributed by atoms with Gasteiger partial charge in [-0.3, -0.25) is 19.5 Å². The van der Waals surface area contributed by atoms with Crippen LogP contribution in [0.1, 0.15) is 6.92 Å². The molecule has 2 aromatic rings. The number of rotatable bonds is 4. The van der Waals surface area contributed by atoms with Gasteiger partial charge >= 0.3 is 11.7 Å². The van der Waals surface area contributed by atoms with Gasteiger partial charge in [0.25, 0.3) is 5.69 Å². The van der Waals surface area contributed by atoms with Crippen LogP contribution in [0.15, 0.2) is 27.4 Å². The van der Waals surface area contributed by atoms with Crippen LogP contribution in [0.5, 0.6) is 0 Å². The van der Waals surface area contributed by atoms with Crippen LogP contribution in [-0.2, 0) is 16.1 Å². The van der Waals surface area contributed by atoms with Gasteiger partial charge in [-0.15, -0.1) is 0 Å². The van der Waals surface area contributed by atoms with Crippen molar-refractivity contribution in [3.8, 4) is 0 Å². The van der Waals surface area contributed by atoms with Crippen molar-refractivity contribution in [2.45, 2.75) is 13.5 Å². The second-order valence-electron chi connectivity index (χ2n) is 3.67. The fourth-order valence-electron chi connectivity index (χ4n) is 1.65. The van der Waals surface area contributed by atoms with Crippen molar-refractivity contribution in [3.63, 3.8) is 0 Å². The van der Waals surface area contributed by atoms with Crippen molar-refractivity contribution in [3.05, 3.63) is 38.9 Å². The van der Waals surface area contributed by atoms with Gasteiger partial charge < -0.3 is 9.15 Å². The zero-order valence-electron chi connectivity index (χ0n) is 9.99. The van der Waals surface area contributed by atoms with Crippen LogP contribution in [0.3, 0.4) is 0 Å². The average Bonchev–Trinajstić information content (AvgIpc) is 2.65. The van der Waals surface area contributed by atoms with Crippen LogP contribution in [0, 0.1) is 10.1 Å². The van der Waals surface area contributed by atoms with E-state index < -0.39 is 16.6 Å². The van der Waals surface area contributed by atoms with Crippen molar-refractivity contribution < 1.29 is 18.9 Å². The number of carbonyl (C=O) groups excluding carboxylic acids is 1. The van der Waals surface area contributed by atoms with Gasteiger partial charge in [0.15, 0.2) is 5.58 Å². The first kappa shape index (κ1) is 12.8. The van der Waals surface area contributed by atoms with Crippen LogP contribution in [0.4, 0.5) is 5.69 Å². The molecule has 0 amide bonds. The predicted molar refractivity (Wildman–Crippen MR) is 63.8 cm³/mol. The average molecular weight is 266 g/mol. The highest BCUT2D eigenvalue weighted by molar-refractivity contribution is 5.78. The maximum absolute atomic E-state index is 11.6. The molecule has 0 atom stereocenters. The monoisotopic (exact) mass is 266 g/mol. The number of non-ortho nitro benzene ring substituents is 1. The molecule has 0 fully saturated rings. The second kappa shape index (κ2) is 4.92. The molecule has 0 N–H and O–H groups in total.